The largest absolute Gasteiger partial charge is 0.169 e. The molecule has 0 bridgehead atoms. The van der Waals surface area contributed by atoms with Gasteiger partial charge in [0.1, 0.15) is 0 Å². The van der Waals surface area contributed by atoms with Crippen molar-refractivity contribution in [1.82, 2.24) is 0 Å². The zero-order valence-electron chi connectivity index (χ0n) is 2.82. The Hall–Kier alpha value is 0.882. The van der Waals surface area contributed by atoms with Gasteiger partial charge in [0.2, 0.25) is 0 Å². The molecular formula is C2H6CrS. The fraction of sp³-hybridized carbons (Fsp3) is 1.00. The molecule has 0 fully saturated rings. The third-order valence-electron chi connectivity index (χ3n) is 0. The fourth-order valence-electron chi connectivity index (χ4n) is 0. The van der Waals surface area contributed by atoms with E-state index < -0.39 is 0 Å². The average molecular weight is 114 g/mol. The molecule has 0 N–H and O–H groups in total. The molecular weight excluding hydrogens is 108 g/mol. The van der Waals surface area contributed by atoms with E-state index in [9.17, 15) is 0 Å². The minimum absolute atomic E-state index is 0. The van der Waals surface area contributed by atoms with E-state index in [1.165, 1.54) is 0 Å². The molecule has 0 rings (SSSR count). The van der Waals surface area contributed by atoms with E-state index in [1.807, 2.05) is 12.5 Å². The second-order valence-electron chi connectivity index (χ2n) is 0.408. The quantitative estimate of drug-likeness (QED) is 0.452. The van der Waals surface area contributed by atoms with Crippen molar-refractivity contribution in [3.63, 3.8) is 0 Å². The van der Waals surface area contributed by atoms with Gasteiger partial charge in [0.15, 0.2) is 0 Å². The number of hydrogen-bond acceptors (Lipinski definition) is 1. The van der Waals surface area contributed by atoms with Gasteiger partial charge in [0.05, 0.1) is 0 Å². The van der Waals surface area contributed by atoms with Crippen molar-refractivity contribution in [1.29, 1.82) is 0 Å². The summed E-state index contributed by atoms with van der Waals surface area (Å²) in [5.74, 6) is 0. The third-order valence-corrected chi connectivity index (χ3v) is 0. The van der Waals surface area contributed by atoms with Gasteiger partial charge in [-0.25, -0.2) is 0 Å². The van der Waals surface area contributed by atoms with Crippen molar-refractivity contribution in [3.05, 3.63) is 0 Å². The van der Waals surface area contributed by atoms with Crippen LogP contribution in [0.25, 0.3) is 0 Å². The van der Waals surface area contributed by atoms with Gasteiger partial charge in [-0.3, -0.25) is 0 Å². The molecule has 0 heterocycles. The molecule has 0 aliphatic rings. The van der Waals surface area contributed by atoms with E-state index in [0.29, 0.717) is 0 Å². The van der Waals surface area contributed by atoms with Gasteiger partial charge in [0, 0.05) is 17.4 Å². The zero-order valence-corrected chi connectivity index (χ0v) is 4.91. The first-order valence-electron chi connectivity index (χ1n) is 0.816. The van der Waals surface area contributed by atoms with Gasteiger partial charge in [-0.2, -0.15) is 11.8 Å². The summed E-state index contributed by atoms with van der Waals surface area (Å²) in [5, 5.41) is 0. The summed E-state index contributed by atoms with van der Waals surface area (Å²) in [4.78, 5) is 0. The van der Waals surface area contributed by atoms with Crippen LogP contribution in [0.4, 0.5) is 0 Å². The summed E-state index contributed by atoms with van der Waals surface area (Å²) in [6.45, 7) is 0. The molecule has 0 aromatic rings. The second-order valence-corrected chi connectivity index (χ2v) is 1.22. The molecule has 0 radical (unpaired) electrons. The molecule has 0 saturated carbocycles. The standard InChI is InChI=1S/C2H6S.Cr/c1-3-2;/h1-2H3;. The normalized spacial score (nSPS) is 4.50. The molecule has 0 spiro atoms. The van der Waals surface area contributed by atoms with Crippen molar-refractivity contribution >= 4 is 11.8 Å². The first-order valence-corrected chi connectivity index (χ1v) is 2.45. The van der Waals surface area contributed by atoms with Crippen LogP contribution in [0, 0.1) is 0 Å². The molecule has 0 atom stereocenters. The number of rotatable bonds is 0. The molecule has 4 heavy (non-hydrogen) atoms. The van der Waals surface area contributed by atoms with Gasteiger partial charge in [-0.1, -0.05) is 0 Å². The molecule has 2 heteroatoms. The van der Waals surface area contributed by atoms with Crippen LogP contribution in [0.3, 0.4) is 0 Å². The van der Waals surface area contributed by atoms with Gasteiger partial charge in [-0.05, 0) is 12.5 Å². The van der Waals surface area contributed by atoms with Crippen LogP contribution in [0.15, 0.2) is 0 Å². The second kappa shape index (κ2) is 9.10. The molecule has 0 aromatic carbocycles. The van der Waals surface area contributed by atoms with Crippen molar-refractivity contribution in [2.24, 2.45) is 0 Å². The van der Waals surface area contributed by atoms with E-state index in [0.717, 1.165) is 0 Å². The molecule has 0 aliphatic heterocycles. The van der Waals surface area contributed by atoms with E-state index in [-0.39, 0.29) is 17.4 Å². The van der Waals surface area contributed by atoms with E-state index in [1.54, 1.807) is 11.8 Å². The predicted molar refractivity (Wildman–Crippen MR) is 19.4 cm³/mol. The van der Waals surface area contributed by atoms with Crippen LogP contribution in [-0.4, -0.2) is 12.5 Å². The Morgan fingerprint density at radius 3 is 1.25 bits per heavy atom. The Labute approximate surface area is 42.1 Å². The van der Waals surface area contributed by atoms with Gasteiger partial charge >= 0.3 is 0 Å². The van der Waals surface area contributed by atoms with Crippen LogP contribution in [0.2, 0.25) is 0 Å². The first kappa shape index (κ1) is 8.86. The number of thioether (sulfide) groups is 1. The third kappa shape index (κ3) is 13.1. The predicted octanol–water partition coefficient (Wildman–Crippen LogP) is 0.977. The molecule has 0 aromatic heterocycles. The summed E-state index contributed by atoms with van der Waals surface area (Å²) in [6.07, 6.45) is 4.08. The van der Waals surface area contributed by atoms with Crippen molar-refractivity contribution in [3.8, 4) is 0 Å². The summed E-state index contributed by atoms with van der Waals surface area (Å²) >= 11 is 1.75. The molecule has 0 unspecified atom stereocenters. The maximum Gasteiger partial charge on any atom is 0 e. The Bertz CT molecular complexity index is 6.00. The molecule has 26 valence electrons. The Morgan fingerprint density at radius 2 is 1.25 bits per heavy atom. The molecule has 0 saturated heterocycles. The minimum atomic E-state index is 0. The fourth-order valence-corrected chi connectivity index (χ4v) is 0. The van der Waals surface area contributed by atoms with Gasteiger partial charge < -0.3 is 0 Å². The van der Waals surface area contributed by atoms with Crippen LogP contribution in [0.1, 0.15) is 0 Å². The minimum Gasteiger partial charge on any atom is -0.169 e. The molecule has 0 amide bonds. The molecule has 0 nitrogen and oxygen atoms in total. The Kier molecular flexibility index (Phi) is 20.2. The summed E-state index contributed by atoms with van der Waals surface area (Å²) in [6, 6.07) is 0. The number of hydrogen-bond donors (Lipinski definition) is 0. The van der Waals surface area contributed by atoms with Crippen molar-refractivity contribution in [2.45, 2.75) is 0 Å². The SMILES string of the molecule is CSC.[Cr]. The van der Waals surface area contributed by atoms with Crippen LogP contribution in [0.5, 0.6) is 0 Å². The average Bonchev–Trinajstić information content (AvgIpc) is 0.918. The van der Waals surface area contributed by atoms with E-state index in [4.69, 9.17) is 0 Å². The summed E-state index contributed by atoms with van der Waals surface area (Å²) in [7, 11) is 0. The van der Waals surface area contributed by atoms with Gasteiger partial charge in [-0.15, -0.1) is 0 Å². The van der Waals surface area contributed by atoms with Gasteiger partial charge in [0.25, 0.3) is 0 Å². The monoisotopic (exact) mass is 114 g/mol. The van der Waals surface area contributed by atoms with Crippen molar-refractivity contribution < 1.29 is 17.4 Å². The maximum absolute atomic E-state index is 2.04. The smallest absolute Gasteiger partial charge is 0 e. The zero-order chi connectivity index (χ0) is 2.71. The van der Waals surface area contributed by atoms with E-state index >= 15 is 0 Å². The summed E-state index contributed by atoms with van der Waals surface area (Å²) < 4.78 is 0. The summed E-state index contributed by atoms with van der Waals surface area (Å²) in [5.41, 5.74) is 0. The maximum atomic E-state index is 2.04. The Morgan fingerprint density at radius 1 is 1.25 bits per heavy atom. The van der Waals surface area contributed by atoms with Crippen molar-refractivity contribution in [2.75, 3.05) is 12.5 Å². The first-order chi connectivity index (χ1) is 1.41. The topological polar surface area (TPSA) is 0 Å². The van der Waals surface area contributed by atoms with Crippen LogP contribution in [-0.2, 0) is 17.4 Å². The Balaban J connectivity index is 0. The van der Waals surface area contributed by atoms with Crippen LogP contribution >= 0.6 is 11.8 Å². The van der Waals surface area contributed by atoms with E-state index in [2.05, 4.69) is 0 Å². The van der Waals surface area contributed by atoms with Crippen LogP contribution < -0.4 is 0 Å². The molecule has 0 aliphatic carbocycles.